The third-order valence-corrected chi connectivity index (χ3v) is 1.28. The lowest BCUT2D eigenvalue weighted by Gasteiger charge is -2.15. The van der Waals surface area contributed by atoms with Gasteiger partial charge in [0, 0.05) is 6.42 Å². The van der Waals surface area contributed by atoms with Crippen molar-refractivity contribution in [2.75, 3.05) is 0 Å². The van der Waals surface area contributed by atoms with Gasteiger partial charge in [-0.05, 0) is 24.5 Å². The molecular weight excluding hydrogens is 132 g/mol. The van der Waals surface area contributed by atoms with E-state index in [9.17, 15) is 4.79 Å². The SMILES string of the molecule is CC(C)(C)CCC(=O)[S]. The molecule has 0 rings (SSSR count). The molecule has 0 aliphatic rings. The van der Waals surface area contributed by atoms with E-state index in [0.717, 1.165) is 6.42 Å². The molecule has 0 spiro atoms. The standard InChI is InChI=1S/C7H13OS/c1-7(2,3)5-4-6(8)9/h4-5H2,1-3H3. The van der Waals surface area contributed by atoms with E-state index >= 15 is 0 Å². The van der Waals surface area contributed by atoms with E-state index < -0.39 is 0 Å². The molecule has 1 nitrogen and oxygen atoms in total. The molecule has 0 aromatic heterocycles. The van der Waals surface area contributed by atoms with Crippen molar-refractivity contribution in [3.05, 3.63) is 0 Å². The van der Waals surface area contributed by atoms with Crippen LogP contribution in [0, 0.1) is 5.41 Å². The molecule has 0 saturated carbocycles. The summed E-state index contributed by atoms with van der Waals surface area (Å²) >= 11 is 4.41. The van der Waals surface area contributed by atoms with Crippen LogP contribution in [0.3, 0.4) is 0 Å². The summed E-state index contributed by atoms with van der Waals surface area (Å²) in [5.74, 6) is 0. The molecule has 0 fully saturated rings. The zero-order valence-electron chi connectivity index (χ0n) is 6.23. The van der Waals surface area contributed by atoms with Crippen molar-refractivity contribution in [3.8, 4) is 0 Å². The van der Waals surface area contributed by atoms with E-state index in [2.05, 4.69) is 33.4 Å². The van der Waals surface area contributed by atoms with Crippen LogP contribution in [0.25, 0.3) is 0 Å². The summed E-state index contributed by atoms with van der Waals surface area (Å²) in [5.41, 5.74) is 0.245. The van der Waals surface area contributed by atoms with Crippen molar-refractivity contribution in [2.45, 2.75) is 33.6 Å². The molecule has 0 unspecified atom stereocenters. The minimum Gasteiger partial charge on any atom is -0.282 e. The molecule has 0 aliphatic carbocycles. The number of hydrogen-bond donors (Lipinski definition) is 0. The smallest absolute Gasteiger partial charge is 0.218 e. The third kappa shape index (κ3) is 7.89. The molecule has 0 aliphatic heterocycles. The van der Waals surface area contributed by atoms with Gasteiger partial charge in [-0.1, -0.05) is 20.8 Å². The van der Waals surface area contributed by atoms with Gasteiger partial charge in [-0.25, -0.2) is 0 Å². The average Bonchev–Trinajstić information content (AvgIpc) is 1.59. The second kappa shape index (κ2) is 3.16. The first-order chi connectivity index (χ1) is 3.92. The van der Waals surface area contributed by atoms with Crippen LogP contribution in [0.2, 0.25) is 0 Å². The summed E-state index contributed by atoms with van der Waals surface area (Å²) in [4.78, 5) is 10.3. The highest BCUT2D eigenvalue weighted by Crippen LogP contribution is 2.20. The first-order valence-corrected chi connectivity index (χ1v) is 3.52. The van der Waals surface area contributed by atoms with Crippen LogP contribution in [-0.2, 0) is 4.79 Å². The minimum absolute atomic E-state index is 0.120. The number of hydrogen-bond acceptors (Lipinski definition) is 1. The summed E-state index contributed by atoms with van der Waals surface area (Å²) in [6.07, 6.45) is 1.44. The van der Waals surface area contributed by atoms with Gasteiger partial charge in [0.15, 0.2) is 0 Å². The van der Waals surface area contributed by atoms with Gasteiger partial charge < -0.3 is 0 Å². The van der Waals surface area contributed by atoms with E-state index in [1.54, 1.807) is 0 Å². The van der Waals surface area contributed by atoms with Crippen molar-refractivity contribution in [1.29, 1.82) is 0 Å². The Bertz CT molecular complexity index is 102. The minimum atomic E-state index is -0.120. The predicted molar refractivity (Wildman–Crippen MR) is 41.3 cm³/mol. The summed E-state index contributed by atoms with van der Waals surface area (Å²) in [6, 6.07) is 0. The molecule has 0 bridgehead atoms. The van der Waals surface area contributed by atoms with Gasteiger partial charge in [0.05, 0.1) is 0 Å². The predicted octanol–water partition coefficient (Wildman–Crippen LogP) is 2.54. The lowest BCUT2D eigenvalue weighted by Crippen LogP contribution is -2.05. The van der Waals surface area contributed by atoms with E-state index in [0.29, 0.717) is 6.42 Å². The Labute approximate surface area is 62.2 Å². The molecular formula is C7H13OS. The molecule has 0 N–H and O–H groups in total. The van der Waals surface area contributed by atoms with Gasteiger partial charge in [-0.15, -0.1) is 0 Å². The second-order valence-corrected chi connectivity index (χ2v) is 3.89. The lowest BCUT2D eigenvalue weighted by molar-refractivity contribution is -0.111. The maximum absolute atomic E-state index is 10.3. The molecule has 1 radical (unpaired) electrons. The molecule has 0 heterocycles. The number of carbonyl (C=O) groups is 1. The average molecular weight is 145 g/mol. The van der Waals surface area contributed by atoms with Gasteiger partial charge in [-0.3, -0.25) is 4.79 Å². The molecule has 0 saturated heterocycles. The molecule has 2 heteroatoms. The topological polar surface area (TPSA) is 17.1 Å². The fourth-order valence-corrected chi connectivity index (χ4v) is 0.579. The summed E-state index contributed by atoms with van der Waals surface area (Å²) < 4.78 is 0. The normalized spacial score (nSPS) is 11.4. The maximum atomic E-state index is 10.3. The van der Waals surface area contributed by atoms with Crippen molar-refractivity contribution in [1.82, 2.24) is 0 Å². The molecule has 0 amide bonds. The lowest BCUT2D eigenvalue weighted by atomic mass is 9.91. The highest BCUT2D eigenvalue weighted by atomic mass is 32.1. The van der Waals surface area contributed by atoms with Crippen molar-refractivity contribution < 1.29 is 4.79 Å². The summed E-state index contributed by atoms with van der Waals surface area (Å²) in [7, 11) is 0. The fraction of sp³-hybridized carbons (Fsp3) is 0.857. The Morgan fingerprint density at radius 3 is 2.00 bits per heavy atom. The van der Waals surface area contributed by atoms with Crippen LogP contribution in [0.1, 0.15) is 33.6 Å². The van der Waals surface area contributed by atoms with Crippen molar-refractivity contribution >= 4 is 17.7 Å². The highest BCUT2D eigenvalue weighted by Gasteiger charge is 2.10. The van der Waals surface area contributed by atoms with Gasteiger partial charge in [-0.2, -0.15) is 0 Å². The summed E-state index contributed by atoms with van der Waals surface area (Å²) in [6.45, 7) is 6.31. The first kappa shape index (κ1) is 8.89. The monoisotopic (exact) mass is 145 g/mol. The van der Waals surface area contributed by atoms with Crippen LogP contribution >= 0.6 is 12.6 Å². The zero-order valence-corrected chi connectivity index (χ0v) is 7.05. The van der Waals surface area contributed by atoms with Gasteiger partial charge in [0.2, 0.25) is 5.12 Å². The molecule has 0 aromatic carbocycles. The zero-order chi connectivity index (χ0) is 7.49. The fourth-order valence-electron chi connectivity index (χ4n) is 0.477. The van der Waals surface area contributed by atoms with Crippen LogP contribution in [0.15, 0.2) is 0 Å². The number of carbonyl (C=O) groups excluding carboxylic acids is 1. The van der Waals surface area contributed by atoms with Gasteiger partial charge >= 0.3 is 0 Å². The Hall–Kier alpha value is -0.110. The largest absolute Gasteiger partial charge is 0.282 e. The van der Waals surface area contributed by atoms with Gasteiger partial charge in [0.1, 0.15) is 0 Å². The van der Waals surface area contributed by atoms with Crippen LogP contribution in [0.5, 0.6) is 0 Å². The van der Waals surface area contributed by atoms with Crippen LogP contribution < -0.4 is 0 Å². The molecule has 0 aromatic rings. The van der Waals surface area contributed by atoms with E-state index in [-0.39, 0.29) is 10.5 Å². The van der Waals surface area contributed by atoms with Crippen molar-refractivity contribution in [3.63, 3.8) is 0 Å². The molecule has 0 atom stereocenters. The van der Waals surface area contributed by atoms with E-state index in [1.165, 1.54) is 0 Å². The quantitative estimate of drug-likeness (QED) is 0.583. The second-order valence-electron chi connectivity index (χ2n) is 3.43. The Morgan fingerprint density at radius 2 is 1.89 bits per heavy atom. The van der Waals surface area contributed by atoms with Gasteiger partial charge in [0.25, 0.3) is 0 Å². The Kier molecular flexibility index (Phi) is 3.12. The Morgan fingerprint density at radius 1 is 1.44 bits per heavy atom. The molecule has 9 heavy (non-hydrogen) atoms. The van der Waals surface area contributed by atoms with Crippen LogP contribution in [-0.4, -0.2) is 5.12 Å². The maximum Gasteiger partial charge on any atom is 0.218 e. The van der Waals surface area contributed by atoms with Crippen LogP contribution in [0.4, 0.5) is 0 Å². The highest BCUT2D eigenvalue weighted by molar-refractivity contribution is 7.96. The van der Waals surface area contributed by atoms with E-state index in [4.69, 9.17) is 0 Å². The third-order valence-electron chi connectivity index (χ3n) is 1.08. The van der Waals surface area contributed by atoms with Crippen molar-refractivity contribution in [2.24, 2.45) is 5.41 Å². The number of rotatable bonds is 2. The molecule has 53 valence electrons. The summed E-state index contributed by atoms with van der Waals surface area (Å²) in [5, 5.41) is -0.120. The van der Waals surface area contributed by atoms with E-state index in [1.807, 2.05) is 0 Å². The Balaban J connectivity index is 3.39. The first-order valence-electron chi connectivity index (χ1n) is 3.12.